The third-order valence-electron chi connectivity index (χ3n) is 1.76. The maximum Gasteiger partial charge on any atom is 1.00 e. The Hall–Kier alpha value is -0.383. The molecule has 74 valence electrons. The fourth-order valence-corrected chi connectivity index (χ4v) is 2.61. The minimum atomic E-state index is -4.36. The molecule has 0 aliphatic heterocycles. The minimum absolute atomic E-state index is 0. The second-order valence-corrected chi connectivity index (χ2v) is 5.43. The van der Waals surface area contributed by atoms with Gasteiger partial charge in [0.2, 0.25) is 0 Å². The number of aromatic nitrogens is 1. The molecule has 0 spiro atoms. The summed E-state index contributed by atoms with van der Waals surface area (Å²) in [5.41, 5.74) is 0.722. The summed E-state index contributed by atoms with van der Waals surface area (Å²) in [6.07, 6.45) is 0. The van der Waals surface area contributed by atoms with Gasteiger partial charge in [-0.15, -0.1) is 11.3 Å². The Balaban J connectivity index is 0.00000112. The third kappa shape index (κ3) is 2.59. The Kier molecular flexibility index (Phi) is 3.58. The molecule has 1 aromatic heterocycles. The minimum Gasteiger partial charge on any atom is -0.744 e. The van der Waals surface area contributed by atoms with Gasteiger partial charge in [-0.1, -0.05) is 0 Å². The van der Waals surface area contributed by atoms with Crippen LogP contribution in [0.4, 0.5) is 0 Å². The summed E-state index contributed by atoms with van der Waals surface area (Å²) in [5, 5.41) is 0.848. The van der Waals surface area contributed by atoms with E-state index in [2.05, 4.69) is 4.98 Å². The molecule has 15 heavy (non-hydrogen) atoms. The molecule has 0 saturated carbocycles. The third-order valence-corrected chi connectivity index (χ3v) is 3.52. The van der Waals surface area contributed by atoms with Crippen LogP contribution in [0.15, 0.2) is 23.1 Å². The van der Waals surface area contributed by atoms with Crippen molar-refractivity contribution in [3.8, 4) is 0 Å². The van der Waals surface area contributed by atoms with Gasteiger partial charge in [0, 0.05) is 0 Å². The first kappa shape index (κ1) is 12.7. The molecule has 0 aliphatic rings. The van der Waals surface area contributed by atoms with Gasteiger partial charge in [0.25, 0.3) is 0 Å². The molecule has 0 aliphatic carbocycles. The summed E-state index contributed by atoms with van der Waals surface area (Å²) in [6, 6.07) is 4.19. The van der Waals surface area contributed by atoms with Crippen LogP contribution in [0.25, 0.3) is 10.2 Å². The number of aryl methyl sites for hydroxylation is 1. The molecule has 1 heterocycles. The molecule has 7 heteroatoms. The summed E-state index contributed by atoms with van der Waals surface area (Å²) in [6.45, 7) is 1.83. The first-order valence-electron chi connectivity index (χ1n) is 3.80. The largest absolute Gasteiger partial charge is 1.00 e. The molecule has 0 bridgehead atoms. The number of thiazole rings is 1. The molecule has 1 aromatic carbocycles. The Morgan fingerprint density at radius 2 is 2.07 bits per heavy atom. The maximum absolute atomic E-state index is 10.7. The molecular formula is C8H6LiNO3S2. The molecule has 4 nitrogen and oxygen atoms in total. The van der Waals surface area contributed by atoms with Crippen molar-refractivity contribution in [1.82, 2.24) is 4.98 Å². The van der Waals surface area contributed by atoms with Gasteiger partial charge in [-0.25, -0.2) is 13.4 Å². The van der Waals surface area contributed by atoms with Gasteiger partial charge in [0.15, 0.2) is 0 Å². The van der Waals surface area contributed by atoms with Gasteiger partial charge >= 0.3 is 18.9 Å². The Labute approximate surface area is 103 Å². The van der Waals surface area contributed by atoms with Gasteiger partial charge in [-0.2, -0.15) is 0 Å². The van der Waals surface area contributed by atoms with E-state index in [9.17, 15) is 13.0 Å². The van der Waals surface area contributed by atoms with Crippen molar-refractivity contribution >= 4 is 31.7 Å². The number of nitrogens with zero attached hydrogens (tertiary/aromatic N) is 1. The van der Waals surface area contributed by atoms with Crippen molar-refractivity contribution < 1.29 is 31.8 Å². The van der Waals surface area contributed by atoms with E-state index in [-0.39, 0.29) is 23.8 Å². The van der Waals surface area contributed by atoms with Gasteiger partial charge in [-0.05, 0) is 25.1 Å². The molecule has 0 saturated heterocycles. The summed E-state index contributed by atoms with van der Waals surface area (Å²) >= 11 is 1.37. The topological polar surface area (TPSA) is 70.1 Å². The van der Waals surface area contributed by atoms with Gasteiger partial charge in [-0.3, -0.25) is 0 Å². The van der Waals surface area contributed by atoms with E-state index in [1.807, 2.05) is 6.92 Å². The average Bonchev–Trinajstić information content (AvgIpc) is 2.41. The summed E-state index contributed by atoms with van der Waals surface area (Å²) in [7, 11) is -4.36. The first-order valence-corrected chi connectivity index (χ1v) is 6.02. The monoisotopic (exact) mass is 235 g/mol. The van der Waals surface area contributed by atoms with Crippen LogP contribution >= 0.6 is 11.3 Å². The van der Waals surface area contributed by atoms with E-state index in [0.29, 0.717) is 0 Å². The zero-order valence-corrected chi connectivity index (χ0v) is 9.85. The number of rotatable bonds is 1. The van der Waals surface area contributed by atoms with Crippen molar-refractivity contribution in [3.63, 3.8) is 0 Å². The predicted octanol–water partition coefficient (Wildman–Crippen LogP) is -1.49. The number of benzene rings is 1. The molecule has 2 aromatic rings. The summed E-state index contributed by atoms with van der Waals surface area (Å²) < 4.78 is 32.9. The van der Waals surface area contributed by atoms with Crippen LogP contribution in [0.3, 0.4) is 0 Å². The van der Waals surface area contributed by atoms with Crippen molar-refractivity contribution in [2.24, 2.45) is 0 Å². The standard InChI is InChI=1S/C8H7NO3S2.Li/c1-5-9-7-3-2-6(14(10,11)12)4-8(7)13-5;/h2-4H,1H3,(H,10,11,12);/q;+1/p-1. The number of hydrogen-bond acceptors (Lipinski definition) is 5. The van der Waals surface area contributed by atoms with Crippen LogP contribution < -0.4 is 18.9 Å². The van der Waals surface area contributed by atoms with E-state index in [1.165, 1.54) is 23.5 Å². The molecular weight excluding hydrogens is 229 g/mol. The molecule has 0 N–H and O–H groups in total. The van der Waals surface area contributed by atoms with E-state index in [4.69, 9.17) is 0 Å². The van der Waals surface area contributed by atoms with E-state index in [1.54, 1.807) is 6.07 Å². The van der Waals surface area contributed by atoms with Crippen molar-refractivity contribution in [1.29, 1.82) is 0 Å². The normalized spacial score (nSPS) is 11.3. The Morgan fingerprint density at radius 3 is 2.67 bits per heavy atom. The van der Waals surface area contributed by atoms with E-state index < -0.39 is 10.1 Å². The molecule has 0 fully saturated rings. The predicted molar refractivity (Wildman–Crippen MR) is 52.3 cm³/mol. The van der Waals surface area contributed by atoms with Gasteiger partial charge in [0.05, 0.1) is 20.1 Å². The Bertz CT molecular complexity index is 591. The van der Waals surface area contributed by atoms with Crippen LogP contribution in [0.1, 0.15) is 5.01 Å². The van der Waals surface area contributed by atoms with Crippen LogP contribution in [0, 0.1) is 6.92 Å². The van der Waals surface area contributed by atoms with Crippen LogP contribution in [-0.4, -0.2) is 18.0 Å². The van der Waals surface area contributed by atoms with Crippen LogP contribution in [0.2, 0.25) is 0 Å². The smallest absolute Gasteiger partial charge is 0.744 e. The average molecular weight is 235 g/mol. The summed E-state index contributed by atoms with van der Waals surface area (Å²) in [5.74, 6) is 0. The van der Waals surface area contributed by atoms with Crippen molar-refractivity contribution in [2.75, 3.05) is 0 Å². The van der Waals surface area contributed by atoms with E-state index in [0.717, 1.165) is 15.2 Å². The molecule has 0 unspecified atom stereocenters. The second-order valence-electron chi connectivity index (χ2n) is 2.82. The quantitative estimate of drug-likeness (QED) is 0.446. The zero-order chi connectivity index (χ0) is 10.3. The maximum atomic E-state index is 10.7. The summed E-state index contributed by atoms with van der Waals surface area (Å²) in [4.78, 5) is 3.96. The van der Waals surface area contributed by atoms with Crippen LogP contribution in [-0.2, 0) is 10.1 Å². The Morgan fingerprint density at radius 1 is 1.40 bits per heavy atom. The zero-order valence-electron chi connectivity index (χ0n) is 8.22. The van der Waals surface area contributed by atoms with Crippen LogP contribution in [0.5, 0.6) is 0 Å². The van der Waals surface area contributed by atoms with Gasteiger partial charge in [0.1, 0.15) is 10.1 Å². The number of fused-ring (bicyclic) bond motifs is 1. The first-order chi connectivity index (χ1) is 6.47. The molecule has 2 rings (SSSR count). The fourth-order valence-electron chi connectivity index (χ4n) is 1.18. The SMILES string of the molecule is Cc1nc2ccc(S(=O)(=O)[O-])cc2s1.[Li+]. The second kappa shape index (κ2) is 4.24. The number of hydrogen-bond donors (Lipinski definition) is 0. The molecule has 0 radical (unpaired) electrons. The van der Waals surface area contributed by atoms with Gasteiger partial charge < -0.3 is 4.55 Å². The molecule has 0 amide bonds. The van der Waals surface area contributed by atoms with Crippen molar-refractivity contribution in [2.45, 2.75) is 11.8 Å². The van der Waals surface area contributed by atoms with Crippen molar-refractivity contribution in [3.05, 3.63) is 23.2 Å². The fraction of sp³-hybridized carbons (Fsp3) is 0.125. The molecule has 0 atom stereocenters. The van der Waals surface area contributed by atoms with E-state index >= 15 is 0 Å².